The Kier molecular flexibility index (Phi) is 2.80. The Morgan fingerprint density at radius 2 is 2.22 bits per heavy atom. The molecule has 0 spiro atoms. The van der Waals surface area contributed by atoms with Crippen LogP contribution in [0.3, 0.4) is 0 Å². The molecule has 1 aromatic heterocycles. The van der Waals surface area contributed by atoms with Crippen LogP contribution in [-0.2, 0) is 0 Å². The van der Waals surface area contributed by atoms with Crippen molar-refractivity contribution in [3.8, 4) is 5.69 Å². The average Bonchev–Trinajstić information content (AvgIpc) is 2.71. The smallest absolute Gasteiger partial charge is 0.339 e. The number of carboxylic acid groups (broad SMARTS) is 1. The Morgan fingerprint density at radius 1 is 1.50 bits per heavy atom. The van der Waals surface area contributed by atoms with Gasteiger partial charge in [-0.2, -0.15) is 5.10 Å². The van der Waals surface area contributed by atoms with Crippen LogP contribution >= 0.6 is 0 Å². The van der Waals surface area contributed by atoms with Crippen molar-refractivity contribution in [2.75, 3.05) is 0 Å². The summed E-state index contributed by atoms with van der Waals surface area (Å²) in [6, 6.07) is 5.83. The summed E-state index contributed by atoms with van der Waals surface area (Å²) in [5.41, 5.74) is 0.799. The molecule has 2 rings (SSSR count). The van der Waals surface area contributed by atoms with Gasteiger partial charge in [-0.05, 0) is 13.0 Å². The first-order chi connectivity index (χ1) is 8.49. The van der Waals surface area contributed by atoms with Crippen molar-refractivity contribution in [3.05, 3.63) is 51.8 Å². The number of nitro benzene ring substituents is 1. The lowest BCUT2D eigenvalue weighted by atomic mass is 10.2. The molecule has 0 unspecified atom stereocenters. The van der Waals surface area contributed by atoms with Crippen LogP contribution in [0.4, 0.5) is 5.69 Å². The molecule has 0 aliphatic carbocycles. The summed E-state index contributed by atoms with van der Waals surface area (Å²) in [6.07, 6.45) is 1.33. The van der Waals surface area contributed by atoms with E-state index < -0.39 is 10.9 Å². The van der Waals surface area contributed by atoms with Crippen molar-refractivity contribution in [2.24, 2.45) is 0 Å². The Balaban J connectivity index is 2.49. The van der Waals surface area contributed by atoms with E-state index in [-0.39, 0.29) is 11.3 Å². The van der Waals surface area contributed by atoms with Gasteiger partial charge in [-0.15, -0.1) is 0 Å². The number of non-ortho nitro benzene ring substituents is 1. The van der Waals surface area contributed by atoms with Gasteiger partial charge in [-0.25, -0.2) is 9.48 Å². The van der Waals surface area contributed by atoms with Gasteiger partial charge in [0, 0.05) is 18.3 Å². The van der Waals surface area contributed by atoms with Crippen LogP contribution in [0.15, 0.2) is 30.5 Å². The molecule has 0 saturated carbocycles. The van der Waals surface area contributed by atoms with Gasteiger partial charge in [-0.3, -0.25) is 10.1 Å². The standard InChI is InChI=1S/C11H9N3O4/c1-7-10(11(15)16)6-13(12-7)8-3-2-4-9(5-8)14(17)18/h2-6H,1H3,(H,15,16). The summed E-state index contributed by atoms with van der Waals surface area (Å²) in [6.45, 7) is 1.57. The molecule has 0 atom stereocenters. The van der Waals surface area contributed by atoms with E-state index >= 15 is 0 Å². The molecule has 0 aliphatic heterocycles. The maximum Gasteiger partial charge on any atom is 0.339 e. The molecule has 92 valence electrons. The molecular formula is C11H9N3O4. The maximum absolute atomic E-state index is 10.9. The highest BCUT2D eigenvalue weighted by molar-refractivity contribution is 5.88. The minimum absolute atomic E-state index is 0.0708. The summed E-state index contributed by atoms with van der Waals surface area (Å²) in [4.78, 5) is 21.0. The molecule has 0 amide bonds. The van der Waals surface area contributed by atoms with Gasteiger partial charge in [0.15, 0.2) is 0 Å². The summed E-state index contributed by atoms with van der Waals surface area (Å²) in [5.74, 6) is -1.08. The van der Waals surface area contributed by atoms with Gasteiger partial charge in [-0.1, -0.05) is 6.07 Å². The zero-order valence-electron chi connectivity index (χ0n) is 9.40. The molecule has 1 N–H and O–H groups in total. The Bertz CT molecular complexity index is 633. The van der Waals surface area contributed by atoms with Crippen molar-refractivity contribution >= 4 is 11.7 Å². The summed E-state index contributed by atoms with van der Waals surface area (Å²) in [7, 11) is 0. The molecule has 7 nitrogen and oxygen atoms in total. The zero-order valence-corrected chi connectivity index (χ0v) is 9.40. The fourth-order valence-corrected chi connectivity index (χ4v) is 1.55. The predicted octanol–water partition coefficient (Wildman–Crippen LogP) is 1.79. The van der Waals surface area contributed by atoms with E-state index in [2.05, 4.69) is 5.10 Å². The van der Waals surface area contributed by atoms with Crippen LogP contribution in [0.2, 0.25) is 0 Å². The predicted molar refractivity (Wildman–Crippen MR) is 61.9 cm³/mol. The van der Waals surface area contributed by atoms with Gasteiger partial charge in [0.1, 0.15) is 5.56 Å². The van der Waals surface area contributed by atoms with Crippen molar-refractivity contribution < 1.29 is 14.8 Å². The number of aromatic nitrogens is 2. The second-order valence-corrected chi connectivity index (χ2v) is 3.65. The van der Waals surface area contributed by atoms with E-state index in [1.807, 2.05) is 0 Å². The molecule has 0 fully saturated rings. The fourth-order valence-electron chi connectivity index (χ4n) is 1.55. The Hall–Kier alpha value is -2.70. The van der Waals surface area contributed by atoms with Gasteiger partial charge < -0.3 is 5.11 Å². The number of nitrogens with zero attached hydrogens (tertiary/aromatic N) is 3. The Morgan fingerprint density at radius 3 is 2.78 bits per heavy atom. The molecule has 0 radical (unpaired) electrons. The van der Waals surface area contributed by atoms with Crippen molar-refractivity contribution in [1.29, 1.82) is 0 Å². The minimum atomic E-state index is -1.08. The first-order valence-corrected chi connectivity index (χ1v) is 5.03. The number of carboxylic acids is 1. The number of nitro groups is 1. The zero-order chi connectivity index (χ0) is 13.3. The van der Waals surface area contributed by atoms with Crippen LogP contribution in [-0.4, -0.2) is 25.8 Å². The summed E-state index contributed by atoms with van der Waals surface area (Å²) in [5, 5.41) is 23.6. The molecule has 7 heteroatoms. The van der Waals surface area contributed by atoms with Crippen LogP contribution in [0, 0.1) is 17.0 Å². The van der Waals surface area contributed by atoms with Crippen molar-refractivity contribution in [1.82, 2.24) is 9.78 Å². The third kappa shape index (κ3) is 2.05. The topological polar surface area (TPSA) is 98.3 Å². The van der Waals surface area contributed by atoms with Crippen LogP contribution in [0.1, 0.15) is 16.1 Å². The number of carbonyl (C=O) groups is 1. The van der Waals surface area contributed by atoms with E-state index in [4.69, 9.17) is 5.11 Å². The normalized spacial score (nSPS) is 10.3. The lowest BCUT2D eigenvalue weighted by Gasteiger charge is -2.00. The van der Waals surface area contributed by atoms with E-state index in [1.165, 1.54) is 29.1 Å². The average molecular weight is 247 g/mol. The second kappa shape index (κ2) is 4.28. The highest BCUT2D eigenvalue weighted by Crippen LogP contribution is 2.17. The molecule has 0 saturated heterocycles. The van der Waals surface area contributed by atoms with Gasteiger partial charge in [0.05, 0.1) is 16.3 Å². The molecule has 2 aromatic rings. The van der Waals surface area contributed by atoms with Gasteiger partial charge >= 0.3 is 5.97 Å². The van der Waals surface area contributed by atoms with Crippen LogP contribution in [0.5, 0.6) is 0 Å². The van der Waals surface area contributed by atoms with Crippen LogP contribution in [0.25, 0.3) is 5.69 Å². The second-order valence-electron chi connectivity index (χ2n) is 3.65. The lowest BCUT2D eigenvalue weighted by molar-refractivity contribution is -0.384. The number of hydrogen-bond acceptors (Lipinski definition) is 4. The minimum Gasteiger partial charge on any atom is -0.478 e. The number of rotatable bonds is 3. The van der Waals surface area contributed by atoms with E-state index in [9.17, 15) is 14.9 Å². The first kappa shape index (κ1) is 11.8. The SMILES string of the molecule is Cc1nn(-c2cccc([N+](=O)[O-])c2)cc1C(=O)O. The van der Waals surface area contributed by atoms with E-state index in [1.54, 1.807) is 13.0 Å². The van der Waals surface area contributed by atoms with Gasteiger partial charge in [0.2, 0.25) is 0 Å². The Labute approximate surface area is 101 Å². The lowest BCUT2D eigenvalue weighted by Crippen LogP contribution is -1.97. The van der Waals surface area contributed by atoms with Crippen molar-refractivity contribution in [2.45, 2.75) is 6.92 Å². The fraction of sp³-hybridized carbons (Fsp3) is 0.0909. The molecule has 18 heavy (non-hydrogen) atoms. The highest BCUT2D eigenvalue weighted by atomic mass is 16.6. The number of aromatic carboxylic acids is 1. The summed E-state index contributed by atoms with van der Waals surface area (Å²) < 4.78 is 1.31. The largest absolute Gasteiger partial charge is 0.478 e. The molecule has 1 heterocycles. The van der Waals surface area contributed by atoms with Crippen LogP contribution < -0.4 is 0 Å². The summed E-state index contributed by atoms with van der Waals surface area (Å²) >= 11 is 0. The van der Waals surface area contributed by atoms with Crippen molar-refractivity contribution in [3.63, 3.8) is 0 Å². The van der Waals surface area contributed by atoms with E-state index in [0.29, 0.717) is 11.4 Å². The van der Waals surface area contributed by atoms with Gasteiger partial charge in [0.25, 0.3) is 5.69 Å². The van der Waals surface area contributed by atoms with E-state index in [0.717, 1.165) is 0 Å². The number of hydrogen-bond donors (Lipinski definition) is 1. The molecule has 0 aliphatic rings. The number of benzene rings is 1. The molecular weight excluding hydrogens is 238 g/mol. The third-order valence-corrected chi connectivity index (χ3v) is 2.43. The number of aryl methyl sites for hydroxylation is 1. The first-order valence-electron chi connectivity index (χ1n) is 5.03. The quantitative estimate of drug-likeness (QED) is 0.658. The highest BCUT2D eigenvalue weighted by Gasteiger charge is 2.14. The molecule has 1 aromatic carbocycles. The monoisotopic (exact) mass is 247 g/mol. The third-order valence-electron chi connectivity index (χ3n) is 2.43. The maximum atomic E-state index is 10.9. The molecule has 0 bridgehead atoms.